The van der Waals surface area contributed by atoms with Gasteiger partial charge in [-0.3, -0.25) is 4.90 Å². The van der Waals surface area contributed by atoms with E-state index in [0.29, 0.717) is 11.5 Å². The summed E-state index contributed by atoms with van der Waals surface area (Å²) in [4.78, 5) is 2.84. The Morgan fingerprint density at radius 3 is 3.05 bits per heavy atom. The van der Waals surface area contributed by atoms with Crippen LogP contribution in [0.1, 0.15) is 38.7 Å². The van der Waals surface area contributed by atoms with Crippen LogP contribution in [0.2, 0.25) is 0 Å². The van der Waals surface area contributed by atoms with Gasteiger partial charge in [-0.1, -0.05) is 38.5 Å². The molecule has 3 aliphatic heterocycles. The summed E-state index contributed by atoms with van der Waals surface area (Å²) in [6.07, 6.45) is 4.15. The molecule has 1 aromatic carbocycles. The van der Waals surface area contributed by atoms with Crippen molar-refractivity contribution in [1.29, 1.82) is 0 Å². The second-order valence-electron chi connectivity index (χ2n) is 7.90. The maximum absolute atomic E-state index is 3.95. The zero-order valence-corrected chi connectivity index (χ0v) is 13.2. The number of rotatable bonds is 1. The van der Waals surface area contributed by atoms with Crippen LogP contribution in [0, 0.1) is 17.8 Å². The van der Waals surface area contributed by atoms with Crippen LogP contribution in [0.15, 0.2) is 24.3 Å². The highest BCUT2D eigenvalue weighted by atomic mass is 15.2. The molecule has 112 valence electrons. The summed E-state index contributed by atoms with van der Waals surface area (Å²) >= 11 is 0. The number of hydrogen-bond donors (Lipinski definition) is 1. The number of piperidine rings is 1. The van der Waals surface area contributed by atoms with Crippen molar-refractivity contribution in [3.63, 3.8) is 0 Å². The van der Waals surface area contributed by atoms with Gasteiger partial charge >= 0.3 is 0 Å². The van der Waals surface area contributed by atoms with Gasteiger partial charge < -0.3 is 5.32 Å². The van der Waals surface area contributed by atoms with E-state index in [-0.39, 0.29) is 0 Å². The van der Waals surface area contributed by atoms with E-state index in [1.165, 1.54) is 38.0 Å². The molecule has 1 aliphatic carbocycles. The van der Waals surface area contributed by atoms with E-state index in [2.05, 4.69) is 48.3 Å². The molecule has 1 spiro atoms. The molecule has 2 heteroatoms. The molecule has 0 unspecified atom stereocenters. The molecule has 4 aliphatic rings. The molecule has 1 saturated carbocycles. The largest absolute Gasteiger partial charge is 0.381 e. The molecule has 5 rings (SSSR count). The summed E-state index contributed by atoms with van der Waals surface area (Å²) in [5.41, 5.74) is 3.46. The van der Waals surface area contributed by atoms with Gasteiger partial charge in [-0.05, 0) is 48.8 Å². The first-order valence-corrected chi connectivity index (χ1v) is 8.86. The molecule has 3 heterocycles. The molecule has 0 aromatic heterocycles. The highest BCUT2D eigenvalue weighted by Gasteiger charge is 2.64. The van der Waals surface area contributed by atoms with Crippen molar-refractivity contribution in [1.82, 2.24) is 4.90 Å². The molecule has 0 radical (unpaired) electrons. The molecule has 2 bridgehead atoms. The summed E-state index contributed by atoms with van der Waals surface area (Å²) in [5.74, 6) is 2.64. The summed E-state index contributed by atoms with van der Waals surface area (Å²) in [6, 6.07) is 10.6. The van der Waals surface area contributed by atoms with Crippen molar-refractivity contribution < 1.29 is 0 Å². The fourth-order valence-electron chi connectivity index (χ4n) is 6.52. The summed E-state index contributed by atoms with van der Waals surface area (Å²) in [5, 5.41) is 3.95. The van der Waals surface area contributed by atoms with Gasteiger partial charge in [0.05, 0.1) is 0 Å². The topological polar surface area (TPSA) is 15.3 Å². The van der Waals surface area contributed by atoms with Gasteiger partial charge in [0.1, 0.15) is 0 Å². The third-order valence-electron chi connectivity index (χ3n) is 7.44. The van der Waals surface area contributed by atoms with E-state index >= 15 is 0 Å². The van der Waals surface area contributed by atoms with Gasteiger partial charge in [0.2, 0.25) is 0 Å². The van der Waals surface area contributed by atoms with Crippen molar-refractivity contribution in [3.8, 4) is 0 Å². The smallest absolute Gasteiger partial charge is 0.0402 e. The lowest BCUT2D eigenvalue weighted by Crippen LogP contribution is -2.63. The van der Waals surface area contributed by atoms with Crippen molar-refractivity contribution in [2.45, 2.75) is 50.6 Å². The molecular weight excluding hydrogens is 256 g/mol. The number of hydrogen-bond acceptors (Lipinski definition) is 2. The normalized spacial score (nSPS) is 46.9. The predicted octanol–water partition coefficient (Wildman–Crippen LogP) is 3.49. The van der Waals surface area contributed by atoms with Crippen LogP contribution in [-0.4, -0.2) is 30.1 Å². The minimum absolute atomic E-state index is 0.408. The van der Waals surface area contributed by atoms with Gasteiger partial charge in [-0.25, -0.2) is 0 Å². The second kappa shape index (κ2) is 4.04. The Bertz CT molecular complexity index is 583. The minimum Gasteiger partial charge on any atom is -0.381 e. The molecule has 1 aromatic rings. The van der Waals surface area contributed by atoms with Crippen LogP contribution in [0.5, 0.6) is 0 Å². The van der Waals surface area contributed by atoms with Crippen LogP contribution in [0.25, 0.3) is 0 Å². The standard InChI is InChI=1S/C19H26N2/c1-3-13-11-21-9-8-19-15-6-4-5-7-16(15)20-18(19)12(2)14(13)10-17(19)21/h4-7,12-14,17-18,20H,3,8-11H2,1-2H3/t12-,13+,14+,17-,18+,19+/m0/s1. The zero-order chi connectivity index (χ0) is 14.2. The van der Waals surface area contributed by atoms with Gasteiger partial charge in [-0.2, -0.15) is 0 Å². The maximum atomic E-state index is 3.95. The maximum Gasteiger partial charge on any atom is 0.0402 e. The molecule has 1 N–H and O–H groups in total. The zero-order valence-electron chi connectivity index (χ0n) is 13.2. The quantitative estimate of drug-likeness (QED) is 0.848. The molecule has 0 amide bonds. The number of anilines is 1. The number of benzene rings is 1. The molecule has 6 atom stereocenters. The fourth-order valence-corrected chi connectivity index (χ4v) is 6.52. The lowest BCUT2D eigenvalue weighted by Gasteiger charge is -2.56. The third kappa shape index (κ3) is 1.34. The molecule has 2 nitrogen and oxygen atoms in total. The average Bonchev–Trinajstić information content (AvgIpc) is 3.07. The Morgan fingerprint density at radius 2 is 2.19 bits per heavy atom. The van der Waals surface area contributed by atoms with Crippen molar-refractivity contribution in [2.75, 3.05) is 18.4 Å². The van der Waals surface area contributed by atoms with Crippen molar-refractivity contribution >= 4 is 5.69 Å². The highest BCUT2D eigenvalue weighted by Crippen LogP contribution is 2.61. The third-order valence-corrected chi connectivity index (χ3v) is 7.44. The fraction of sp³-hybridized carbons (Fsp3) is 0.684. The number of para-hydroxylation sites is 1. The number of nitrogens with zero attached hydrogens (tertiary/aromatic N) is 1. The van der Waals surface area contributed by atoms with Gasteiger partial charge in [-0.15, -0.1) is 0 Å². The number of fused-ring (bicyclic) bond motifs is 2. The predicted molar refractivity (Wildman–Crippen MR) is 86.6 cm³/mol. The van der Waals surface area contributed by atoms with E-state index in [1.54, 1.807) is 5.56 Å². The van der Waals surface area contributed by atoms with Gasteiger partial charge in [0, 0.05) is 29.7 Å². The van der Waals surface area contributed by atoms with Gasteiger partial charge in [0.15, 0.2) is 0 Å². The summed E-state index contributed by atoms with van der Waals surface area (Å²) in [7, 11) is 0. The highest BCUT2D eigenvalue weighted by molar-refractivity contribution is 5.64. The molecule has 21 heavy (non-hydrogen) atoms. The Morgan fingerprint density at radius 1 is 1.33 bits per heavy atom. The van der Waals surface area contributed by atoms with E-state index in [9.17, 15) is 0 Å². The SMILES string of the molecule is CC[C@@H]1CN2CC[C@]34c5ccccc5N[C@@H]3[C@@H](C)[C@H]1C[C@H]24. The molecule has 2 saturated heterocycles. The monoisotopic (exact) mass is 282 g/mol. The Labute approximate surface area is 127 Å². The van der Waals surface area contributed by atoms with Crippen LogP contribution >= 0.6 is 0 Å². The summed E-state index contributed by atoms with van der Waals surface area (Å²) in [6.45, 7) is 7.59. The van der Waals surface area contributed by atoms with Crippen LogP contribution in [0.3, 0.4) is 0 Å². The molecule has 3 fully saturated rings. The van der Waals surface area contributed by atoms with Crippen molar-refractivity contribution in [3.05, 3.63) is 29.8 Å². The lowest BCUT2D eigenvalue weighted by molar-refractivity contribution is -0.0128. The first-order valence-electron chi connectivity index (χ1n) is 8.86. The first-order chi connectivity index (χ1) is 10.3. The molecular formula is C19H26N2. The van der Waals surface area contributed by atoms with Crippen LogP contribution < -0.4 is 5.32 Å². The Balaban J connectivity index is 1.68. The first kappa shape index (κ1) is 12.5. The van der Waals surface area contributed by atoms with E-state index < -0.39 is 0 Å². The average molecular weight is 282 g/mol. The van der Waals surface area contributed by atoms with E-state index in [0.717, 1.165) is 23.8 Å². The summed E-state index contributed by atoms with van der Waals surface area (Å²) < 4.78 is 0. The lowest BCUT2D eigenvalue weighted by atomic mass is 9.55. The second-order valence-corrected chi connectivity index (χ2v) is 7.90. The Kier molecular flexibility index (Phi) is 2.41. The van der Waals surface area contributed by atoms with Crippen LogP contribution in [0.4, 0.5) is 5.69 Å². The van der Waals surface area contributed by atoms with Gasteiger partial charge in [0.25, 0.3) is 0 Å². The van der Waals surface area contributed by atoms with E-state index in [4.69, 9.17) is 0 Å². The minimum atomic E-state index is 0.408. The van der Waals surface area contributed by atoms with Crippen LogP contribution in [-0.2, 0) is 5.41 Å². The number of nitrogens with one attached hydrogen (secondary N) is 1. The van der Waals surface area contributed by atoms with Crippen molar-refractivity contribution in [2.24, 2.45) is 17.8 Å². The van der Waals surface area contributed by atoms with E-state index in [1.807, 2.05) is 0 Å². The Hall–Kier alpha value is -1.02.